The number of rotatable bonds is 3. The van der Waals surface area contributed by atoms with Gasteiger partial charge in [-0.1, -0.05) is 36.7 Å². The second-order valence-corrected chi connectivity index (χ2v) is 8.65. The summed E-state index contributed by atoms with van der Waals surface area (Å²) < 4.78 is 2.39. The zero-order valence-electron chi connectivity index (χ0n) is 8.40. The largest absolute Gasteiger partial charge is 0.121 e. The summed E-state index contributed by atoms with van der Waals surface area (Å²) in [6.07, 6.45) is 1.16. The van der Waals surface area contributed by atoms with Crippen molar-refractivity contribution in [2.45, 2.75) is 32.0 Å². The maximum absolute atomic E-state index is 3.79. The second-order valence-electron chi connectivity index (χ2n) is 3.98. The SMILES string of the molecule is CCC(C)(C)C(Br)c1cc(Br)sc1Br. The zero-order valence-corrected chi connectivity index (χ0v) is 14.0. The van der Waals surface area contributed by atoms with Crippen LogP contribution in [0.15, 0.2) is 13.6 Å². The third-order valence-electron chi connectivity index (χ3n) is 2.55. The molecule has 0 saturated carbocycles. The van der Waals surface area contributed by atoms with Crippen molar-refractivity contribution in [2.24, 2.45) is 5.41 Å². The predicted octanol–water partition coefficient (Wildman–Crippen LogP) is 6.15. The summed E-state index contributed by atoms with van der Waals surface area (Å²) in [7, 11) is 0. The van der Waals surface area contributed by atoms with E-state index in [-0.39, 0.29) is 5.41 Å². The van der Waals surface area contributed by atoms with Crippen molar-refractivity contribution >= 4 is 59.1 Å². The van der Waals surface area contributed by atoms with Crippen LogP contribution in [0.2, 0.25) is 0 Å². The fourth-order valence-electron chi connectivity index (χ4n) is 1.13. The summed E-state index contributed by atoms with van der Waals surface area (Å²) in [5.74, 6) is 0. The van der Waals surface area contributed by atoms with Crippen LogP contribution in [0.1, 0.15) is 37.6 Å². The maximum atomic E-state index is 3.79. The first-order valence-electron chi connectivity index (χ1n) is 4.47. The summed E-state index contributed by atoms with van der Waals surface area (Å²) in [4.78, 5) is 0.400. The molecule has 1 unspecified atom stereocenters. The average molecular weight is 405 g/mol. The van der Waals surface area contributed by atoms with Crippen molar-refractivity contribution in [3.63, 3.8) is 0 Å². The molecule has 1 atom stereocenters. The summed E-state index contributed by atoms with van der Waals surface area (Å²) in [6.45, 7) is 6.79. The van der Waals surface area contributed by atoms with E-state index in [1.54, 1.807) is 11.3 Å². The number of hydrogen-bond donors (Lipinski definition) is 0. The van der Waals surface area contributed by atoms with E-state index in [0.29, 0.717) is 4.83 Å². The van der Waals surface area contributed by atoms with Crippen molar-refractivity contribution < 1.29 is 0 Å². The van der Waals surface area contributed by atoms with Crippen LogP contribution < -0.4 is 0 Å². The number of hydrogen-bond acceptors (Lipinski definition) is 1. The third-order valence-corrected chi connectivity index (χ3v) is 6.67. The summed E-state index contributed by atoms with van der Waals surface area (Å²) in [5.41, 5.74) is 1.62. The maximum Gasteiger partial charge on any atom is 0.0754 e. The minimum absolute atomic E-state index is 0.281. The van der Waals surface area contributed by atoms with Crippen molar-refractivity contribution in [1.29, 1.82) is 0 Å². The number of thiophene rings is 1. The van der Waals surface area contributed by atoms with Gasteiger partial charge in [0.1, 0.15) is 0 Å². The average Bonchev–Trinajstić information content (AvgIpc) is 2.44. The van der Waals surface area contributed by atoms with Gasteiger partial charge in [0.25, 0.3) is 0 Å². The first-order chi connectivity index (χ1) is 6.38. The smallest absolute Gasteiger partial charge is 0.0754 e. The molecule has 0 N–H and O–H groups in total. The molecule has 0 saturated heterocycles. The van der Waals surface area contributed by atoms with Crippen LogP contribution in [0, 0.1) is 5.41 Å². The van der Waals surface area contributed by atoms with E-state index >= 15 is 0 Å². The molecule has 0 aliphatic rings. The molecule has 0 bridgehead atoms. The van der Waals surface area contributed by atoms with Crippen LogP contribution in [0.5, 0.6) is 0 Å². The number of alkyl halides is 1. The quantitative estimate of drug-likeness (QED) is 0.530. The minimum Gasteiger partial charge on any atom is -0.121 e. The fourth-order valence-corrected chi connectivity index (χ4v) is 5.17. The molecule has 1 heterocycles. The normalized spacial score (nSPS) is 14.4. The lowest BCUT2D eigenvalue weighted by Gasteiger charge is -2.28. The highest BCUT2D eigenvalue weighted by atomic mass is 79.9. The lowest BCUT2D eigenvalue weighted by molar-refractivity contribution is 0.346. The van der Waals surface area contributed by atoms with E-state index in [0.717, 1.165) is 6.42 Å². The molecule has 80 valence electrons. The van der Waals surface area contributed by atoms with Gasteiger partial charge < -0.3 is 0 Å². The van der Waals surface area contributed by atoms with Gasteiger partial charge >= 0.3 is 0 Å². The molecule has 0 aromatic carbocycles. The van der Waals surface area contributed by atoms with Gasteiger partial charge in [-0.3, -0.25) is 0 Å². The first kappa shape index (κ1) is 13.2. The zero-order chi connectivity index (χ0) is 10.9. The highest BCUT2D eigenvalue weighted by Crippen LogP contribution is 2.48. The van der Waals surface area contributed by atoms with Crippen molar-refractivity contribution in [3.8, 4) is 0 Å². The molecule has 0 radical (unpaired) electrons. The van der Waals surface area contributed by atoms with Crippen LogP contribution in [0.4, 0.5) is 0 Å². The molecule has 0 aliphatic heterocycles. The van der Waals surface area contributed by atoms with Gasteiger partial charge in [0, 0.05) is 4.83 Å². The van der Waals surface area contributed by atoms with Gasteiger partial charge in [-0.2, -0.15) is 0 Å². The molecule has 0 spiro atoms. The molecule has 0 amide bonds. The van der Waals surface area contributed by atoms with Crippen molar-refractivity contribution in [2.75, 3.05) is 0 Å². The Hall–Kier alpha value is 1.14. The standard InChI is InChI=1S/C10H13Br3S/c1-4-10(2,3)8(12)6-5-7(11)14-9(6)13/h5,8H,4H2,1-3H3. The van der Waals surface area contributed by atoms with Gasteiger partial charge in [0.2, 0.25) is 0 Å². The van der Waals surface area contributed by atoms with E-state index in [1.165, 1.54) is 13.1 Å². The lowest BCUT2D eigenvalue weighted by atomic mass is 9.84. The molecule has 0 fully saturated rings. The molecule has 0 nitrogen and oxygen atoms in total. The van der Waals surface area contributed by atoms with Gasteiger partial charge in [-0.15, -0.1) is 11.3 Å². The van der Waals surface area contributed by atoms with Gasteiger partial charge in [0.15, 0.2) is 0 Å². The Bertz CT molecular complexity index is 317. The van der Waals surface area contributed by atoms with Crippen molar-refractivity contribution in [3.05, 3.63) is 19.2 Å². The Morgan fingerprint density at radius 1 is 1.43 bits per heavy atom. The van der Waals surface area contributed by atoms with E-state index in [1.807, 2.05) is 0 Å². The Morgan fingerprint density at radius 3 is 2.36 bits per heavy atom. The van der Waals surface area contributed by atoms with Gasteiger partial charge in [-0.05, 0) is 55.3 Å². The summed E-state index contributed by atoms with van der Waals surface area (Å²) in [5, 5.41) is 0. The molecule has 14 heavy (non-hydrogen) atoms. The molecule has 1 aromatic heterocycles. The van der Waals surface area contributed by atoms with Crippen molar-refractivity contribution in [1.82, 2.24) is 0 Å². The van der Waals surface area contributed by atoms with E-state index in [2.05, 4.69) is 74.6 Å². The number of halogens is 3. The lowest BCUT2D eigenvalue weighted by Crippen LogP contribution is -2.16. The first-order valence-corrected chi connectivity index (χ1v) is 7.79. The van der Waals surface area contributed by atoms with Crippen LogP contribution >= 0.6 is 59.1 Å². The van der Waals surface area contributed by atoms with Crippen LogP contribution in [-0.2, 0) is 0 Å². The molecule has 4 heteroatoms. The molecule has 0 aliphatic carbocycles. The van der Waals surface area contributed by atoms with E-state index < -0.39 is 0 Å². The van der Waals surface area contributed by atoms with E-state index in [4.69, 9.17) is 0 Å². The highest BCUT2D eigenvalue weighted by molar-refractivity contribution is 9.12. The van der Waals surface area contributed by atoms with Crippen LogP contribution in [-0.4, -0.2) is 0 Å². The Labute approximate surface area is 115 Å². The minimum atomic E-state index is 0.281. The Balaban J connectivity index is 3.00. The highest BCUT2D eigenvalue weighted by Gasteiger charge is 2.29. The monoisotopic (exact) mass is 402 g/mol. The second kappa shape index (κ2) is 4.98. The van der Waals surface area contributed by atoms with Crippen LogP contribution in [0.25, 0.3) is 0 Å². The Morgan fingerprint density at radius 2 is 2.00 bits per heavy atom. The van der Waals surface area contributed by atoms with Gasteiger partial charge in [-0.25, -0.2) is 0 Å². The third kappa shape index (κ3) is 2.83. The summed E-state index contributed by atoms with van der Waals surface area (Å²) in [6, 6.07) is 2.19. The van der Waals surface area contributed by atoms with Crippen LogP contribution in [0.3, 0.4) is 0 Å². The summed E-state index contributed by atoms with van der Waals surface area (Å²) >= 11 is 12.6. The van der Waals surface area contributed by atoms with Gasteiger partial charge in [0.05, 0.1) is 7.57 Å². The molecule has 1 rings (SSSR count). The predicted molar refractivity (Wildman–Crippen MR) is 75.5 cm³/mol. The molecule has 1 aromatic rings. The Kier molecular flexibility index (Phi) is 4.70. The fraction of sp³-hybridized carbons (Fsp3) is 0.600. The topological polar surface area (TPSA) is 0 Å². The molecular formula is C10H13Br3S. The van der Waals surface area contributed by atoms with E-state index in [9.17, 15) is 0 Å². The molecular weight excluding hydrogens is 392 g/mol.